The minimum atomic E-state index is -3.73. The van der Waals surface area contributed by atoms with Gasteiger partial charge in [0.2, 0.25) is 0 Å². The van der Waals surface area contributed by atoms with Crippen LogP contribution in [0.3, 0.4) is 0 Å². The van der Waals surface area contributed by atoms with Crippen LogP contribution < -0.4 is 15.2 Å². The van der Waals surface area contributed by atoms with E-state index in [0.29, 0.717) is 17.2 Å². The number of anilines is 2. The van der Waals surface area contributed by atoms with E-state index in [2.05, 4.69) is 4.72 Å². The average Bonchev–Trinajstić information content (AvgIpc) is 2.58. The zero-order valence-corrected chi connectivity index (χ0v) is 13.5. The molecule has 0 bridgehead atoms. The summed E-state index contributed by atoms with van der Waals surface area (Å²) in [5, 5.41) is 0. The van der Waals surface area contributed by atoms with Gasteiger partial charge in [-0.3, -0.25) is 4.72 Å². The summed E-state index contributed by atoms with van der Waals surface area (Å²) in [6.07, 6.45) is 0. The number of hydrogen-bond donors (Lipinski definition) is 2. The van der Waals surface area contributed by atoms with Crippen molar-refractivity contribution in [2.45, 2.75) is 4.90 Å². The molecule has 0 aromatic heterocycles. The van der Waals surface area contributed by atoms with Crippen molar-refractivity contribution < 1.29 is 13.2 Å². The maximum atomic E-state index is 12.4. The Kier molecular flexibility index (Phi) is 4.39. The largest absolute Gasteiger partial charge is 0.457 e. The van der Waals surface area contributed by atoms with Crippen LogP contribution in [0.4, 0.5) is 11.4 Å². The van der Waals surface area contributed by atoms with Gasteiger partial charge in [0.05, 0.1) is 5.69 Å². The van der Waals surface area contributed by atoms with Crippen molar-refractivity contribution in [1.29, 1.82) is 0 Å². The van der Waals surface area contributed by atoms with Gasteiger partial charge in [-0.1, -0.05) is 30.3 Å². The van der Waals surface area contributed by atoms with Gasteiger partial charge in [-0.05, 0) is 48.5 Å². The van der Waals surface area contributed by atoms with Crippen molar-refractivity contribution in [2.75, 3.05) is 10.5 Å². The number of benzene rings is 3. The number of hydrogen-bond acceptors (Lipinski definition) is 4. The fraction of sp³-hybridized carbons (Fsp3) is 0. The molecule has 122 valence electrons. The molecule has 3 aromatic rings. The highest BCUT2D eigenvalue weighted by Crippen LogP contribution is 2.25. The van der Waals surface area contributed by atoms with Gasteiger partial charge in [0.15, 0.2) is 0 Å². The SMILES string of the molecule is Nc1ccccc1S(=O)(=O)Nc1ccc(Oc2ccccc2)cc1. The monoisotopic (exact) mass is 340 g/mol. The molecule has 0 spiro atoms. The first-order valence-corrected chi connectivity index (χ1v) is 8.73. The Morgan fingerprint density at radius 1 is 0.750 bits per heavy atom. The first kappa shape index (κ1) is 15.9. The van der Waals surface area contributed by atoms with Crippen LogP contribution in [0.5, 0.6) is 11.5 Å². The van der Waals surface area contributed by atoms with Crippen LogP contribution in [0.15, 0.2) is 83.8 Å². The number of rotatable bonds is 5. The summed E-state index contributed by atoms with van der Waals surface area (Å²) in [5.74, 6) is 1.33. The normalized spacial score (nSPS) is 11.0. The fourth-order valence-electron chi connectivity index (χ4n) is 2.15. The molecule has 0 aliphatic carbocycles. The molecule has 0 saturated carbocycles. The van der Waals surface area contributed by atoms with E-state index >= 15 is 0 Å². The molecule has 3 N–H and O–H groups in total. The molecule has 0 saturated heterocycles. The van der Waals surface area contributed by atoms with E-state index in [1.807, 2.05) is 30.3 Å². The average molecular weight is 340 g/mol. The van der Waals surface area contributed by atoms with Gasteiger partial charge in [-0.25, -0.2) is 8.42 Å². The van der Waals surface area contributed by atoms with Crippen LogP contribution in [0.1, 0.15) is 0 Å². The number of nitrogens with one attached hydrogen (secondary N) is 1. The highest BCUT2D eigenvalue weighted by Gasteiger charge is 2.16. The van der Waals surface area contributed by atoms with Crippen LogP contribution in [0.25, 0.3) is 0 Å². The maximum absolute atomic E-state index is 12.4. The lowest BCUT2D eigenvalue weighted by molar-refractivity contribution is 0.483. The minimum Gasteiger partial charge on any atom is -0.457 e. The molecule has 3 aromatic carbocycles. The van der Waals surface area contributed by atoms with Crippen LogP contribution in [0, 0.1) is 0 Å². The van der Waals surface area contributed by atoms with Crippen molar-refractivity contribution in [3.05, 3.63) is 78.9 Å². The highest BCUT2D eigenvalue weighted by molar-refractivity contribution is 7.92. The molecule has 0 atom stereocenters. The number of nitrogens with two attached hydrogens (primary N) is 1. The van der Waals surface area contributed by atoms with Crippen LogP contribution in [-0.2, 0) is 10.0 Å². The van der Waals surface area contributed by atoms with Crippen LogP contribution >= 0.6 is 0 Å². The van der Waals surface area contributed by atoms with Gasteiger partial charge >= 0.3 is 0 Å². The number of sulfonamides is 1. The van der Waals surface area contributed by atoms with Gasteiger partial charge < -0.3 is 10.5 Å². The first-order valence-electron chi connectivity index (χ1n) is 7.25. The third-order valence-corrected chi connectivity index (χ3v) is 4.75. The molecular formula is C18H16N2O3S. The summed E-state index contributed by atoms with van der Waals surface area (Å²) in [4.78, 5) is 0.0506. The highest BCUT2D eigenvalue weighted by atomic mass is 32.2. The van der Waals surface area contributed by atoms with Crippen molar-refractivity contribution in [2.24, 2.45) is 0 Å². The summed E-state index contributed by atoms with van der Waals surface area (Å²) in [5.41, 5.74) is 6.36. The predicted octanol–water partition coefficient (Wildman–Crippen LogP) is 3.86. The smallest absolute Gasteiger partial charge is 0.263 e. The van der Waals surface area contributed by atoms with Crippen LogP contribution in [-0.4, -0.2) is 8.42 Å². The Labute approximate surface area is 140 Å². The number of para-hydroxylation sites is 2. The van der Waals surface area contributed by atoms with Crippen molar-refractivity contribution in [1.82, 2.24) is 0 Å². The molecule has 0 radical (unpaired) electrons. The molecule has 5 nitrogen and oxygen atoms in total. The van der Waals surface area contributed by atoms with E-state index in [1.165, 1.54) is 6.07 Å². The molecule has 0 aliphatic heterocycles. The Hall–Kier alpha value is -2.99. The lowest BCUT2D eigenvalue weighted by Crippen LogP contribution is -2.14. The second-order valence-corrected chi connectivity index (χ2v) is 6.73. The van der Waals surface area contributed by atoms with Crippen molar-refractivity contribution in [3.63, 3.8) is 0 Å². The van der Waals surface area contributed by atoms with E-state index in [0.717, 1.165) is 0 Å². The number of nitrogen functional groups attached to an aromatic ring is 1. The summed E-state index contributed by atoms with van der Waals surface area (Å²) in [6.45, 7) is 0. The van der Waals surface area contributed by atoms with Gasteiger partial charge in [0.1, 0.15) is 16.4 Å². The molecule has 0 fully saturated rings. The second-order valence-electron chi connectivity index (χ2n) is 5.08. The molecular weight excluding hydrogens is 324 g/mol. The zero-order valence-electron chi connectivity index (χ0n) is 12.7. The van der Waals surface area contributed by atoms with Crippen molar-refractivity contribution in [3.8, 4) is 11.5 Å². The second kappa shape index (κ2) is 6.64. The van der Waals surface area contributed by atoms with Crippen molar-refractivity contribution >= 4 is 21.4 Å². The van der Waals surface area contributed by atoms with E-state index in [4.69, 9.17) is 10.5 Å². The summed E-state index contributed by atoms with van der Waals surface area (Å²) < 4.78 is 32.9. The van der Waals surface area contributed by atoms with E-state index in [1.54, 1.807) is 42.5 Å². The fourth-order valence-corrected chi connectivity index (χ4v) is 3.34. The summed E-state index contributed by atoms with van der Waals surface area (Å²) in [6, 6.07) is 22.3. The predicted molar refractivity (Wildman–Crippen MR) is 94.6 cm³/mol. The Bertz CT molecular complexity index is 924. The molecule has 0 unspecified atom stereocenters. The lowest BCUT2D eigenvalue weighted by Gasteiger charge is -2.11. The van der Waals surface area contributed by atoms with E-state index in [9.17, 15) is 8.42 Å². The molecule has 6 heteroatoms. The summed E-state index contributed by atoms with van der Waals surface area (Å²) in [7, 11) is -3.73. The third-order valence-electron chi connectivity index (χ3n) is 3.29. The molecule has 3 rings (SSSR count). The van der Waals surface area contributed by atoms with E-state index < -0.39 is 10.0 Å². The van der Waals surface area contributed by atoms with Crippen LogP contribution in [0.2, 0.25) is 0 Å². The first-order chi connectivity index (χ1) is 11.5. The minimum absolute atomic E-state index is 0.0506. The van der Waals surface area contributed by atoms with Gasteiger partial charge in [0, 0.05) is 5.69 Å². The quantitative estimate of drug-likeness (QED) is 0.691. The van der Waals surface area contributed by atoms with E-state index in [-0.39, 0.29) is 10.6 Å². The topological polar surface area (TPSA) is 81.4 Å². The molecule has 0 aliphatic rings. The van der Waals surface area contributed by atoms with Gasteiger partial charge in [-0.15, -0.1) is 0 Å². The third kappa shape index (κ3) is 3.67. The molecule has 24 heavy (non-hydrogen) atoms. The standard InChI is InChI=1S/C18H16N2O3S/c19-17-8-4-5-9-18(17)24(21,22)20-14-10-12-16(13-11-14)23-15-6-2-1-3-7-15/h1-13,20H,19H2. The van der Waals surface area contributed by atoms with Gasteiger partial charge in [0.25, 0.3) is 10.0 Å². The Morgan fingerprint density at radius 3 is 2.00 bits per heavy atom. The Balaban J connectivity index is 1.76. The Morgan fingerprint density at radius 2 is 1.33 bits per heavy atom. The molecule has 0 heterocycles. The lowest BCUT2D eigenvalue weighted by atomic mass is 10.3. The van der Waals surface area contributed by atoms with Gasteiger partial charge in [-0.2, -0.15) is 0 Å². The number of ether oxygens (including phenoxy) is 1. The summed E-state index contributed by atoms with van der Waals surface area (Å²) >= 11 is 0. The zero-order chi connectivity index (χ0) is 17.0. The maximum Gasteiger partial charge on any atom is 0.263 e. The molecule has 0 amide bonds.